The number of rotatable bonds is 2. The minimum Gasteiger partial charge on any atom is -0.477 e. The number of aromatic carboxylic acids is 1. The van der Waals surface area contributed by atoms with E-state index in [1.807, 2.05) is 26.0 Å². The lowest BCUT2D eigenvalue weighted by molar-refractivity contribution is 0.0690. The number of pyridine rings is 1. The van der Waals surface area contributed by atoms with Crippen LogP contribution in [0.25, 0.3) is 11.4 Å². The van der Waals surface area contributed by atoms with Gasteiger partial charge in [0.25, 0.3) is 0 Å². The lowest BCUT2D eigenvalue weighted by Gasteiger charge is -2.05. The Morgan fingerprint density at radius 3 is 2.06 bits per heavy atom. The van der Waals surface area contributed by atoms with Crippen LogP contribution in [0.15, 0.2) is 18.2 Å². The van der Waals surface area contributed by atoms with Gasteiger partial charge in [-0.25, -0.2) is 14.8 Å². The molecule has 0 radical (unpaired) electrons. The van der Waals surface area contributed by atoms with Crippen molar-refractivity contribution in [2.24, 2.45) is 0 Å². The first-order valence-electron chi connectivity index (χ1n) is 5.50. The van der Waals surface area contributed by atoms with E-state index in [1.165, 1.54) is 6.07 Å². The quantitative estimate of drug-likeness (QED) is 0.874. The maximum Gasteiger partial charge on any atom is 0.354 e. The molecule has 2 aromatic rings. The van der Waals surface area contributed by atoms with E-state index < -0.39 is 5.97 Å². The third-order valence-corrected chi connectivity index (χ3v) is 2.41. The van der Waals surface area contributed by atoms with Crippen molar-refractivity contribution >= 4 is 5.97 Å². The minimum atomic E-state index is -1.05. The lowest BCUT2D eigenvalue weighted by Crippen LogP contribution is -2.04. The Bertz CT molecular complexity index is 603. The lowest BCUT2D eigenvalue weighted by atomic mass is 10.2. The molecule has 0 aliphatic heterocycles. The van der Waals surface area contributed by atoms with Crippen LogP contribution in [-0.2, 0) is 0 Å². The second-order valence-corrected chi connectivity index (χ2v) is 4.16. The van der Waals surface area contributed by atoms with E-state index in [0.717, 1.165) is 17.0 Å². The predicted octanol–water partition coefficient (Wildman–Crippen LogP) is 2.16. The van der Waals surface area contributed by atoms with E-state index in [-0.39, 0.29) is 5.69 Å². The summed E-state index contributed by atoms with van der Waals surface area (Å²) in [5, 5.41) is 8.99. The molecule has 92 valence electrons. The standard InChI is InChI=1S/C13H13N3O2/c1-7-4-10(5-8(2)14-7)12-15-9(3)6-11(16-12)13(17)18/h4-6H,1-3H3,(H,17,18). The molecule has 0 spiro atoms. The molecule has 2 heterocycles. The average molecular weight is 243 g/mol. The van der Waals surface area contributed by atoms with Crippen LogP contribution in [0.1, 0.15) is 27.6 Å². The topological polar surface area (TPSA) is 76.0 Å². The smallest absolute Gasteiger partial charge is 0.354 e. The van der Waals surface area contributed by atoms with Crippen molar-refractivity contribution in [3.05, 3.63) is 41.0 Å². The Hall–Kier alpha value is -2.30. The monoisotopic (exact) mass is 243 g/mol. The molecule has 0 atom stereocenters. The molecule has 2 aromatic heterocycles. The van der Waals surface area contributed by atoms with Gasteiger partial charge in [-0.15, -0.1) is 0 Å². The fraction of sp³-hybridized carbons (Fsp3) is 0.231. The van der Waals surface area contributed by atoms with Crippen LogP contribution in [0.5, 0.6) is 0 Å². The van der Waals surface area contributed by atoms with Crippen LogP contribution in [-0.4, -0.2) is 26.0 Å². The number of aromatic nitrogens is 3. The van der Waals surface area contributed by atoms with E-state index >= 15 is 0 Å². The summed E-state index contributed by atoms with van der Waals surface area (Å²) in [6.07, 6.45) is 0. The second kappa shape index (κ2) is 4.52. The Morgan fingerprint density at radius 1 is 0.944 bits per heavy atom. The van der Waals surface area contributed by atoms with E-state index in [0.29, 0.717) is 11.5 Å². The average Bonchev–Trinajstić information content (AvgIpc) is 2.26. The molecule has 0 aliphatic rings. The van der Waals surface area contributed by atoms with Crippen LogP contribution in [0.3, 0.4) is 0 Å². The van der Waals surface area contributed by atoms with Crippen LogP contribution < -0.4 is 0 Å². The van der Waals surface area contributed by atoms with E-state index in [9.17, 15) is 4.79 Å². The SMILES string of the molecule is Cc1cc(-c2nc(C)cc(C(=O)O)n2)cc(C)n1. The van der Waals surface area contributed by atoms with Crippen LogP contribution in [0.2, 0.25) is 0 Å². The number of hydrogen-bond acceptors (Lipinski definition) is 4. The van der Waals surface area contributed by atoms with Gasteiger partial charge < -0.3 is 5.11 Å². The van der Waals surface area contributed by atoms with Crippen molar-refractivity contribution in [1.29, 1.82) is 0 Å². The van der Waals surface area contributed by atoms with E-state index in [1.54, 1.807) is 6.92 Å². The molecular weight excluding hydrogens is 230 g/mol. The van der Waals surface area contributed by atoms with Gasteiger partial charge in [-0.05, 0) is 39.0 Å². The second-order valence-electron chi connectivity index (χ2n) is 4.16. The fourth-order valence-electron chi connectivity index (χ4n) is 1.77. The number of carboxylic acid groups (broad SMARTS) is 1. The van der Waals surface area contributed by atoms with Crippen molar-refractivity contribution in [1.82, 2.24) is 15.0 Å². The highest BCUT2D eigenvalue weighted by molar-refractivity contribution is 5.86. The number of carboxylic acids is 1. The molecular formula is C13H13N3O2. The van der Waals surface area contributed by atoms with Crippen molar-refractivity contribution in [3.8, 4) is 11.4 Å². The maximum atomic E-state index is 11.0. The highest BCUT2D eigenvalue weighted by Crippen LogP contribution is 2.17. The molecule has 0 fully saturated rings. The summed E-state index contributed by atoms with van der Waals surface area (Å²) in [5.74, 6) is -0.634. The first-order valence-corrected chi connectivity index (χ1v) is 5.50. The predicted molar refractivity (Wildman–Crippen MR) is 66.4 cm³/mol. The highest BCUT2D eigenvalue weighted by atomic mass is 16.4. The van der Waals surface area contributed by atoms with E-state index in [2.05, 4.69) is 15.0 Å². The van der Waals surface area contributed by atoms with E-state index in [4.69, 9.17) is 5.11 Å². The fourth-order valence-corrected chi connectivity index (χ4v) is 1.77. The van der Waals surface area contributed by atoms with Gasteiger partial charge in [0, 0.05) is 22.6 Å². The molecule has 0 unspecified atom stereocenters. The largest absolute Gasteiger partial charge is 0.477 e. The first-order chi connectivity index (χ1) is 8.45. The van der Waals surface area contributed by atoms with Gasteiger partial charge in [-0.3, -0.25) is 4.98 Å². The first kappa shape index (κ1) is 12.2. The van der Waals surface area contributed by atoms with Crippen molar-refractivity contribution in [2.45, 2.75) is 20.8 Å². The Kier molecular flexibility index (Phi) is 3.06. The summed E-state index contributed by atoms with van der Waals surface area (Å²) in [6, 6.07) is 5.13. The highest BCUT2D eigenvalue weighted by Gasteiger charge is 2.10. The third-order valence-electron chi connectivity index (χ3n) is 2.41. The molecule has 0 saturated carbocycles. The molecule has 0 saturated heterocycles. The van der Waals surface area contributed by atoms with Gasteiger partial charge in [0.15, 0.2) is 11.5 Å². The third kappa shape index (κ3) is 2.51. The summed E-state index contributed by atoms with van der Waals surface area (Å²) < 4.78 is 0. The van der Waals surface area contributed by atoms with Gasteiger partial charge in [0.1, 0.15) is 0 Å². The van der Waals surface area contributed by atoms with Gasteiger partial charge in [0.05, 0.1) is 0 Å². The summed E-state index contributed by atoms with van der Waals surface area (Å²) in [4.78, 5) is 23.5. The molecule has 1 N–H and O–H groups in total. The Labute approximate surface area is 105 Å². The molecule has 0 aromatic carbocycles. The zero-order valence-corrected chi connectivity index (χ0v) is 10.4. The summed E-state index contributed by atoms with van der Waals surface area (Å²) >= 11 is 0. The van der Waals surface area contributed by atoms with Crippen LogP contribution in [0, 0.1) is 20.8 Å². The van der Waals surface area contributed by atoms with Gasteiger partial charge in [-0.1, -0.05) is 0 Å². The molecule has 0 aliphatic carbocycles. The summed E-state index contributed by atoms with van der Waals surface area (Å²) in [6.45, 7) is 5.51. The summed E-state index contributed by atoms with van der Waals surface area (Å²) in [5.41, 5.74) is 3.12. The molecule has 18 heavy (non-hydrogen) atoms. The number of hydrogen-bond donors (Lipinski definition) is 1. The molecule has 5 heteroatoms. The van der Waals surface area contributed by atoms with Crippen LogP contribution >= 0.6 is 0 Å². The molecule has 0 bridgehead atoms. The molecule has 2 rings (SSSR count). The minimum absolute atomic E-state index is 0.00428. The van der Waals surface area contributed by atoms with Crippen molar-refractivity contribution in [2.75, 3.05) is 0 Å². The van der Waals surface area contributed by atoms with Gasteiger partial charge >= 0.3 is 5.97 Å². The van der Waals surface area contributed by atoms with Gasteiger partial charge in [0.2, 0.25) is 0 Å². The Balaban J connectivity index is 2.59. The molecule has 5 nitrogen and oxygen atoms in total. The van der Waals surface area contributed by atoms with Gasteiger partial charge in [-0.2, -0.15) is 0 Å². The number of nitrogens with zero attached hydrogens (tertiary/aromatic N) is 3. The number of aryl methyl sites for hydroxylation is 3. The van der Waals surface area contributed by atoms with Crippen molar-refractivity contribution < 1.29 is 9.90 Å². The number of carbonyl (C=O) groups is 1. The normalized spacial score (nSPS) is 10.4. The zero-order valence-electron chi connectivity index (χ0n) is 10.4. The molecule has 0 amide bonds. The van der Waals surface area contributed by atoms with Crippen molar-refractivity contribution in [3.63, 3.8) is 0 Å². The Morgan fingerprint density at radius 2 is 1.50 bits per heavy atom. The maximum absolute atomic E-state index is 11.0. The van der Waals surface area contributed by atoms with Crippen LogP contribution in [0.4, 0.5) is 0 Å². The zero-order chi connectivity index (χ0) is 13.3. The summed E-state index contributed by atoms with van der Waals surface area (Å²) in [7, 11) is 0.